The van der Waals surface area contributed by atoms with Crippen LogP contribution in [0.25, 0.3) is 0 Å². The molecule has 3 N–H and O–H groups in total. The molecule has 2 aliphatic carbocycles. The highest BCUT2D eigenvalue weighted by atomic mass is 16.7. The number of ether oxygens (including phenoxy) is 3. The first-order chi connectivity index (χ1) is 51.5. The Morgan fingerprint density at radius 3 is 1.10 bits per heavy atom. The molecule has 654 valence electrons. The van der Waals surface area contributed by atoms with Crippen LogP contribution in [-0.4, -0.2) is 266 Å². The molecule has 17 heteroatoms. The van der Waals surface area contributed by atoms with E-state index in [1.165, 1.54) is 77.3 Å². The molecule has 0 aromatic rings. The summed E-state index contributed by atoms with van der Waals surface area (Å²) in [6.07, 6.45) is 19.7. The standard InChI is InChI=1S/C14H27N.C13H24N2O.C13H25N.C12H22N2O2.2C11H23NO.2C10H21NO/c1-11(2)13-9-14(7-5-6-8-14)10-15(13)12(3)4;1-9(2)12-7-13(6-11(5)14-16-13)8-15(12)10(3)4;1-10(2)12-8-13(6-5-7-13)9-14(12)11(3)4;1-8(2)10-5-12(6-13-11(15)16-12)7-14(10)9(3)4;1-8(2)10-6-11(5,13)7-12(10)9(3)4;1-8(2)11-6-10(13-5)7-12(11)9(3)4;1-7(2)10-5-9(12)6-11(10)8(3)4;1-8(2)10-7-12-6-5-11(10)9(3)4/h11-13H,5-10H2,1-4H3;9-10,12H,6-8H2,1-5H3;10-12H,5-9H2,1-4H3;8-10H,5-7H2,1-4H3,(H,13,15);8-10,13H,6-7H2,1-5H3;8-11H,6-7H2,1-5H3;7-10,12H,5-6H2,1-4H3;8-10H,5-7H2,1-4H3. The van der Waals surface area contributed by atoms with Crippen LogP contribution in [0.15, 0.2) is 5.16 Å². The molecule has 10 aliphatic heterocycles. The predicted molar refractivity (Wildman–Crippen MR) is 470 cm³/mol. The Bertz CT molecular complexity index is 2510. The highest BCUT2D eigenvalue weighted by Gasteiger charge is 2.54. The van der Waals surface area contributed by atoms with E-state index in [1.54, 1.807) is 0 Å². The van der Waals surface area contributed by atoms with Crippen LogP contribution in [-0.2, 0) is 19.0 Å². The van der Waals surface area contributed by atoms with Crippen LogP contribution in [0.3, 0.4) is 0 Å². The first-order valence-electron chi connectivity index (χ1n) is 46.2. The SMILES string of the molecule is CC(C)C1CC(C)(O)CN1C(C)C.CC(C)C1CC(O)CN1C(C)C.CC(C)C1CC2(CCC2)CN1C(C)C.CC(C)C1CC2(CCCC2)CN1C(C)C.CC(C)C1CC2(CNC(=O)O2)CN1C(C)C.CC(C)C1COCCN1C(C)C.CC1=NOC2(C1)CC(C(C)C)N(C(C)C)C2.COC1CC(C(C)C)N(C(C)C)C1. The number of alkyl carbamates (subject to hydrolysis) is 1. The number of rotatable bonds is 17. The lowest BCUT2D eigenvalue weighted by Gasteiger charge is -2.40. The van der Waals surface area contributed by atoms with Gasteiger partial charge in [-0.1, -0.05) is 135 Å². The zero-order valence-corrected chi connectivity index (χ0v) is 79.4. The van der Waals surface area contributed by atoms with Gasteiger partial charge in [0.1, 0.15) is 5.60 Å². The summed E-state index contributed by atoms with van der Waals surface area (Å²) in [5.74, 6) is 5.67. The van der Waals surface area contributed by atoms with Crippen molar-refractivity contribution in [2.24, 2.45) is 63.3 Å². The zero-order chi connectivity index (χ0) is 83.9. The number of nitrogens with one attached hydrogen (secondary N) is 1. The van der Waals surface area contributed by atoms with Crippen molar-refractivity contribution in [3.05, 3.63) is 0 Å². The third-order valence-corrected chi connectivity index (χ3v) is 28.4. The fraction of sp³-hybridized carbons (Fsp3) is 0.979. The molecule has 12 rings (SSSR count). The van der Waals surface area contributed by atoms with Gasteiger partial charge < -0.3 is 34.6 Å². The van der Waals surface area contributed by atoms with Gasteiger partial charge in [-0.2, -0.15) is 0 Å². The van der Waals surface area contributed by atoms with Gasteiger partial charge in [0.2, 0.25) is 0 Å². The summed E-state index contributed by atoms with van der Waals surface area (Å²) in [4.78, 5) is 37.5. The normalized spacial score (nSPS) is 32.6. The molecule has 9 saturated heterocycles. The molecule has 0 aromatic carbocycles. The number of methoxy groups -OCH3 is 1. The third-order valence-electron chi connectivity index (χ3n) is 28.4. The van der Waals surface area contributed by atoms with Crippen LogP contribution in [0, 0.1) is 58.2 Å². The van der Waals surface area contributed by atoms with Crippen LogP contribution >= 0.6 is 0 Å². The zero-order valence-electron chi connectivity index (χ0n) is 79.4. The predicted octanol–water partition coefficient (Wildman–Crippen LogP) is 18.5. The Kier molecular flexibility index (Phi) is 39.6. The second-order valence-electron chi connectivity index (χ2n) is 43.1. The average Bonchev–Trinajstić information content (AvgIpc) is 1.64. The van der Waals surface area contributed by atoms with Crippen molar-refractivity contribution in [2.75, 3.05) is 79.2 Å². The number of aliphatic hydroxyl groups excluding tert-OH is 1. The maximum absolute atomic E-state index is 11.2. The van der Waals surface area contributed by atoms with Gasteiger partial charge in [0.25, 0.3) is 0 Å². The summed E-state index contributed by atoms with van der Waals surface area (Å²) in [6, 6.07) is 10.3. The third kappa shape index (κ3) is 28.2. The van der Waals surface area contributed by atoms with Gasteiger partial charge in [0, 0.05) is 175 Å². The maximum atomic E-state index is 11.2. The van der Waals surface area contributed by atoms with E-state index in [2.05, 4.69) is 278 Å². The molecule has 11 fully saturated rings. The lowest BCUT2D eigenvalue weighted by atomic mass is 9.67. The van der Waals surface area contributed by atoms with Crippen molar-refractivity contribution >= 4 is 11.8 Å². The summed E-state index contributed by atoms with van der Waals surface area (Å²) in [6.45, 7) is 88.1. The number of carbonyl (C=O) groups is 1. The van der Waals surface area contributed by atoms with E-state index in [0.717, 1.165) is 143 Å². The minimum absolute atomic E-state index is 0.0106. The number of morpholine rings is 1. The first-order valence-corrected chi connectivity index (χ1v) is 46.2. The summed E-state index contributed by atoms with van der Waals surface area (Å²) < 4.78 is 16.4. The summed E-state index contributed by atoms with van der Waals surface area (Å²) in [7, 11) is 1.83. The van der Waals surface area contributed by atoms with E-state index in [-0.39, 0.29) is 23.4 Å². The number of β-amino-alcohol motifs (C(OH)–C–C–N with tert-alkyl or cyclic N) is 2. The number of nitrogens with zero attached hydrogens (tertiary/aromatic N) is 9. The number of hydrogen-bond donors (Lipinski definition) is 3. The molecule has 17 nitrogen and oxygen atoms in total. The van der Waals surface area contributed by atoms with Gasteiger partial charge in [-0.3, -0.25) is 39.2 Å². The molecule has 1 amide bonds. The number of oxime groups is 1. The van der Waals surface area contributed by atoms with Gasteiger partial charge in [0.05, 0.1) is 43.3 Å². The Hall–Kier alpha value is -1.74. The van der Waals surface area contributed by atoms with Crippen molar-refractivity contribution in [3.63, 3.8) is 0 Å². The van der Waals surface area contributed by atoms with Gasteiger partial charge in [-0.05, 0) is 241 Å². The Morgan fingerprint density at radius 1 is 0.432 bits per heavy atom. The summed E-state index contributed by atoms with van der Waals surface area (Å²) >= 11 is 0. The highest BCUT2D eigenvalue weighted by molar-refractivity contribution is 5.83. The summed E-state index contributed by atoms with van der Waals surface area (Å²) in [5.41, 5.74) is 1.87. The second kappa shape index (κ2) is 44.0. The van der Waals surface area contributed by atoms with E-state index in [1.807, 2.05) is 14.0 Å². The Labute approximate surface area is 686 Å². The number of hydrogen-bond acceptors (Lipinski definition) is 16. The first kappa shape index (κ1) is 99.8. The quantitative estimate of drug-likeness (QED) is 0.127. The molecule has 13 atom stereocenters. The molecular formula is C94H186N10O7. The number of likely N-dealkylation sites (tertiary alicyclic amines) is 7. The molecule has 4 spiro atoms. The minimum atomic E-state index is -0.473. The van der Waals surface area contributed by atoms with Crippen LogP contribution in [0.4, 0.5) is 4.79 Å². The minimum Gasteiger partial charge on any atom is -0.440 e. The molecule has 111 heavy (non-hydrogen) atoms. The van der Waals surface area contributed by atoms with E-state index >= 15 is 0 Å². The van der Waals surface area contributed by atoms with Crippen molar-refractivity contribution < 1.29 is 34.1 Å². The number of carbonyl (C=O) groups excluding carboxylic acids is 1. The van der Waals surface area contributed by atoms with Crippen molar-refractivity contribution in [1.82, 2.24) is 44.5 Å². The highest BCUT2D eigenvalue weighted by Crippen LogP contribution is 2.53. The van der Waals surface area contributed by atoms with Gasteiger partial charge in [-0.15, -0.1) is 0 Å². The van der Waals surface area contributed by atoms with E-state index < -0.39 is 5.60 Å². The molecule has 12 aliphatic rings. The topological polar surface area (TPSA) is 145 Å². The molecule has 13 unspecified atom stereocenters. The average molecular weight is 1570 g/mol. The second-order valence-corrected chi connectivity index (χ2v) is 43.1. The van der Waals surface area contributed by atoms with Crippen LogP contribution < -0.4 is 5.32 Å². The number of aliphatic hydroxyl groups is 2. The van der Waals surface area contributed by atoms with Gasteiger partial charge in [0.15, 0.2) is 5.60 Å². The van der Waals surface area contributed by atoms with Crippen LogP contribution in [0.5, 0.6) is 0 Å². The molecule has 10 heterocycles. The van der Waals surface area contributed by atoms with E-state index in [0.29, 0.717) is 115 Å². The lowest BCUT2D eigenvalue weighted by Crippen LogP contribution is -2.51. The Balaban J connectivity index is 0.000000227. The van der Waals surface area contributed by atoms with Crippen molar-refractivity contribution in [1.29, 1.82) is 0 Å². The molecule has 2 saturated carbocycles. The monoisotopic (exact) mass is 1570 g/mol. The molecule has 0 bridgehead atoms. The largest absolute Gasteiger partial charge is 0.440 e. The molecular weight excluding hydrogens is 1380 g/mol. The molecule has 0 aromatic heterocycles. The number of amides is 1. The van der Waals surface area contributed by atoms with Crippen molar-refractivity contribution in [3.8, 4) is 0 Å². The smallest absolute Gasteiger partial charge is 0.407 e. The van der Waals surface area contributed by atoms with Crippen molar-refractivity contribution in [2.45, 2.75) is 457 Å². The van der Waals surface area contributed by atoms with E-state index in [9.17, 15) is 15.0 Å². The van der Waals surface area contributed by atoms with Crippen LogP contribution in [0.1, 0.15) is 332 Å². The fourth-order valence-corrected chi connectivity index (χ4v) is 21.7. The Morgan fingerprint density at radius 2 is 0.793 bits per heavy atom. The maximum Gasteiger partial charge on any atom is 0.407 e. The summed E-state index contributed by atoms with van der Waals surface area (Å²) in [5, 5.41) is 26.4. The van der Waals surface area contributed by atoms with Crippen LogP contribution in [0.2, 0.25) is 0 Å². The van der Waals surface area contributed by atoms with Gasteiger partial charge >= 0.3 is 6.09 Å². The molecule has 0 radical (unpaired) electrons. The van der Waals surface area contributed by atoms with E-state index in [4.69, 9.17) is 19.0 Å². The fourth-order valence-electron chi connectivity index (χ4n) is 21.7. The van der Waals surface area contributed by atoms with Gasteiger partial charge in [-0.25, -0.2) is 4.79 Å². The lowest BCUT2D eigenvalue weighted by molar-refractivity contribution is -0.0386.